The van der Waals surface area contributed by atoms with Crippen LogP contribution in [0, 0.1) is 5.82 Å². The normalized spacial score (nSPS) is 12.0. The second kappa shape index (κ2) is 6.72. The van der Waals surface area contributed by atoms with Crippen LogP contribution < -0.4 is 11.1 Å². The zero-order valence-corrected chi connectivity index (χ0v) is 13.2. The van der Waals surface area contributed by atoms with Gasteiger partial charge < -0.3 is 11.1 Å². The summed E-state index contributed by atoms with van der Waals surface area (Å²) in [5.74, 6) is -0.397. The van der Waals surface area contributed by atoms with Gasteiger partial charge in [-0.25, -0.2) is 4.39 Å². The zero-order valence-electron chi connectivity index (χ0n) is 11.6. The highest BCUT2D eigenvalue weighted by molar-refractivity contribution is 9.10. The van der Waals surface area contributed by atoms with Crippen LogP contribution in [0.15, 0.2) is 46.9 Å². The number of carbonyl (C=O) groups is 1. The average Bonchev–Trinajstić information content (AvgIpc) is 2.42. The maximum atomic E-state index is 13.0. The maximum absolute atomic E-state index is 13.0. The van der Waals surface area contributed by atoms with Crippen LogP contribution >= 0.6 is 15.9 Å². The van der Waals surface area contributed by atoms with Crippen LogP contribution in [0.25, 0.3) is 0 Å². The molecule has 3 N–H and O–H groups in total. The van der Waals surface area contributed by atoms with E-state index in [1.165, 1.54) is 18.2 Å². The number of nitrogens with two attached hydrogens (primary N) is 1. The molecular weight excluding hydrogens is 335 g/mol. The molecular formula is C16H16BrFN2O. The highest BCUT2D eigenvalue weighted by Gasteiger charge is 2.12. The lowest BCUT2D eigenvalue weighted by molar-refractivity contribution is -0.116. The number of rotatable bonds is 4. The first kappa shape index (κ1) is 15.5. The fourth-order valence-corrected chi connectivity index (χ4v) is 2.46. The van der Waals surface area contributed by atoms with Gasteiger partial charge in [0, 0.05) is 16.6 Å². The molecule has 2 aromatic rings. The van der Waals surface area contributed by atoms with Gasteiger partial charge in [0.1, 0.15) is 5.82 Å². The van der Waals surface area contributed by atoms with Gasteiger partial charge >= 0.3 is 0 Å². The van der Waals surface area contributed by atoms with Gasteiger partial charge in [-0.05, 0) is 57.7 Å². The summed E-state index contributed by atoms with van der Waals surface area (Å²) < 4.78 is 13.5. The predicted molar refractivity (Wildman–Crippen MR) is 86.6 cm³/mol. The molecule has 0 aliphatic carbocycles. The lowest BCUT2D eigenvalue weighted by Crippen LogP contribution is -2.14. The summed E-state index contributed by atoms with van der Waals surface area (Å²) in [5.41, 5.74) is 7.96. The molecule has 2 aromatic carbocycles. The van der Waals surface area contributed by atoms with E-state index in [1.54, 1.807) is 0 Å². The molecule has 0 heterocycles. The van der Waals surface area contributed by atoms with Gasteiger partial charge in [-0.2, -0.15) is 0 Å². The summed E-state index contributed by atoms with van der Waals surface area (Å²) in [6.45, 7) is 1.98. The lowest BCUT2D eigenvalue weighted by atomic mass is 9.97. The minimum Gasteiger partial charge on any atom is -0.399 e. The first-order valence-electron chi connectivity index (χ1n) is 6.56. The highest BCUT2D eigenvalue weighted by Crippen LogP contribution is 2.25. The van der Waals surface area contributed by atoms with Crippen molar-refractivity contribution >= 4 is 33.2 Å². The van der Waals surface area contributed by atoms with E-state index in [2.05, 4.69) is 21.2 Å². The lowest BCUT2D eigenvalue weighted by Gasteiger charge is -2.13. The first-order chi connectivity index (χ1) is 9.95. The van der Waals surface area contributed by atoms with Crippen molar-refractivity contribution in [2.24, 2.45) is 0 Å². The van der Waals surface area contributed by atoms with Gasteiger partial charge in [0.2, 0.25) is 5.91 Å². The number of carbonyl (C=O) groups excluding carboxylic acids is 1. The minimum absolute atomic E-state index is 0.0739. The Bertz CT molecular complexity index is 643. The fourth-order valence-electron chi connectivity index (χ4n) is 2.01. The molecule has 0 radical (unpaired) electrons. The van der Waals surface area contributed by atoms with Crippen LogP contribution in [0.2, 0.25) is 0 Å². The van der Waals surface area contributed by atoms with Crippen LogP contribution in [0.3, 0.4) is 0 Å². The van der Waals surface area contributed by atoms with Gasteiger partial charge in [-0.1, -0.05) is 19.1 Å². The summed E-state index contributed by atoms with van der Waals surface area (Å²) in [4.78, 5) is 12.0. The summed E-state index contributed by atoms with van der Waals surface area (Å²) >= 11 is 3.23. The van der Waals surface area contributed by atoms with E-state index < -0.39 is 0 Å². The summed E-state index contributed by atoms with van der Waals surface area (Å²) in [6, 6.07) is 11.6. The number of nitrogen functional groups attached to an aromatic ring is 1. The third-order valence-electron chi connectivity index (χ3n) is 3.20. The zero-order chi connectivity index (χ0) is 15.4. The average molecular weight is 351 g/mol. The van der Waals surface area contributed by atoms with Crippen molar-refractivity contribution < 1.29 is 9.18 Å². The molecule has 110 valence electrons. The number of nitrogens with one attached hydrogen (secondary N) is 1. The van der Waals surface area contributed by atoms with Crippen LogP contribution in [0.4, 0.5) is 15.8 Å². The van der Waals surface area contributed by atoms with Gasteiger partial charge in [-0.15, -0.1) is 0 Å². The molecule has 1 unspecified atom stereocenters. The molecule has 3 nitrogen and oxygen atoms in total. The monoisotopic (exact) mass is 350 g/mol. The summed E-state index contributed by atoms with van der Waals surface area (Å²) in [7, 11) is 0. The molecule has 0 saturated carbocycles. The molecule has 0 aromatic heterocycles. The Labute approximate surface area is 131 Å². The van der Waals surface area contributed by atoms with Crippen molar-refractivity contribution in [2.45, 2.75) is 19.3 Å². The molecule has 0 fully saturated rings. The standard InChI is InChI=1S/C16H16BrFN2O/c1-10(11-2-5-13(19)6-3-11)8-16(21)20-15-7-4-12(18)9-14(15)17/h2-7,9-10H,8,19H2,1H3,(H,20,21). The van der Waals surface area contributed by atoms with Gasteiger partial charge in [0.25, 0.3) is 0 Å². The Morgan fingerprint density at radius 2 is 1.95 bits per heavy atom. The Hall–Kier alpha value is -1.88. The topological polar surface area (TPSA) is 55.1 Å². The summed E-state index contributed by atoms with van der Waals surface area (Å²) in [6.07, 6.45) is 0.341. The second-order valence-corrected chi connectivity index (χ2v) is 5.80. The highest BCUT2D eigenvalue weighted by atomic mass is 79.9. The van der Waals surface area contributed by atoms with E-state index in [1.807, 2.05) is 31.2 Å². The number of hydrogen-bond donors (Lipinski definition) is 2. The van der Waals surface area contributed by atoms with Crippen LogP contribution in [-0.4, -0.2) is 5.91 Å². The number of amides is 1. The third-order valence-corrected chi connectivity index (χ3v) is 3.86. The van der Waals surface area contributed by atoms with Crippen LogP contribution in [0.1, 0.15) is 24.8 Å². The Kier molecular flexibility index (Phi) is 4.96. The van der Waals surface area contributed by atoms with E-state index in [0.29, 0.717) is 22.3 Å². The molecule has 5 heteroatoms. The number of anilines is 2. The van der Waals surface area contributed by atoms with E-state index in [0.717, 1.165) is 5.56 Å². The predicted octanol–water partition coefficient (Wildman–Crippen LogP) is 4.30. The fraction of sp³-hybridized carbons (Fsp3) is 0.188. The molecule has 0 aliphatic heterocycles. The van der Waals surface area contributed by atoms with Crippen molar-refractivity contribution in [1.29, 1.82) is 0 Å². The Balaban J connectivity index is 1.99. The van der Waals surface area contributed by atoms with Crippen molar-refractivity contribution in [1.82, 2.24) is 0 Å². The maximum Gasteiger partial charge on any atom is 0.225 e. The minimum atomic E-state index is -0.352. The number of halogens is 2. The number of benzene rings is 2. The SMILES string of the molecule is CC(CC(=O)Nc1ccc(F)cc1Br)c1ccc(N)cc1. The van der Waals surface area contributed by atoms with E-state index in [9.17, 15) is 9.18 Å². The Morgan fingerprint density at radius 1 is 1.29 bits per heavy atom. The Morgan fingerprint density at radius 3 is 2.57 bits per heavy atom. The van der Waals surface area contributed by atoms with Crippen molar-refractivity contribution in [2.75, 3.05) is 11.1 Å². The molecule has 1 amide bonds. The second-order valence-electron chi connectivity index (χ2n) is 4.94. The van der Waals surface area contributed by atoms with E-state index >= 15 is 0 Å². The molecule has 0 spiro atoms. The van der Waals surface area contributed by atoms with Gasteiger partial charge in [0.05, 0.1) is 5.69 Å². The smallest absolute Gasteiger partial charge is 0.225 e. The van der Waals surface area contributed by atoms with Gasteiger partial charge in [0.15, 0.2) is 0 Å². The molecule has 0 saturated heterocycles. The van der Waals surface area contributed by atoms with Crippen molar-refractivity contribution in [3.05, 3.63) is 58.3 Å². The van der Waals surface area contributed by atoms with E-state index in [-0.39, 0.29) is 17.6 Å². The van der Waals surface area contributed by atoms with Crippen LogP contribution in [0.5, 0.6) is 0 Å². The van der Waals surface area contributed by atoms with Crippen molar-refractivity contribution in [3.8, 4) is 0 Å². The third kappa shape index (κ3) is 4.29. The van der Waals surface area contributed by atoms with E-state index in [4.69, 9.17) is 5.73 Å². The van der Waals surface area contributed by atoms with Crippen LogP contribution in [-0.2, 0) is 4.79 Å². The molecule has 0 bridgehead atoms. The quantitative estimate of drug-likeness (QED) is 0.807. The first-order valence-corrected chi connectivity index (χ1v) is 7.35. The van der Waals surface area contributed by atoms with Crippen molar-refractivity contribution in [3.63, 3.8) is 0 Å². The largest absolute Gasteiger partial charge is 0.399 e. The number of hydrogen-bond acceptors (Lipinski definition) is 2. The molecule has 0 aliphatic rings. The molecule has 21 heavy (non-hydrogen) atoms. The molecule has 1 atom stereocenters. The van der Waals surface area contributed by atoms with Gasteiger partial charge in [-0.3, -0.25) is 4.79 Å². The summed E-state index contributed by atoms with van der Waals surface area (Å²) in [5, 5.41) is 2.77. The molecule has 2 rings (SSSR count).